The average Bonchev–Trinajstić information content (AvgIpc) is 2.95. The van der Waals surface area contributed by atoms with Crippen molar-refractivity contribution in [3.05, 3.63) is 53.5 Å². The first-order valence-corrected chi connectivity index (χ1v) is 6.35. The fraction of sp³-hybridized carbons (Fsp3) is 0.267. The van der Waals surface area contributed by atoms with Gasteiger partial charge in [0.05, 0.1) is 12.2 Å². The number of fused-ring (bicyclic) bond motifs is 1. The zero-order valence-corrected chi connectivity index (χ0v) is 11.1. The van der Waals surface area contributed by atoms with Gasteiger partial charge in [-0.25, -0.2) is 0 Å². The molecule has 2 aromatic heterocycles. The maximum absolute atomic E-state index is 6.21. The first kappa shape index (κ1) is 12.0. The van der Waals surface area contributed by atoms with Gasteiger partial charge < -0.3 is 10.2 Å². The first-order valence-electron chi connectivity index (χ1n) is 6.35. The molecule has 0 aliphatic rings. The fourth-order valence-corrected chi connectivity index (χ4v) is 2.30. The van der Waals surface area contributed by atoms with Crippen LogP contribution in [-0.2, 0) is 13.5 Å². The molecule has 3 rings (SSSR count). The van der Waals surface area contributed by atoms with E-state index in [9.17, 15) is 0 Å². The number of nitrogens with zero attached hydrogens (tertiary/aromatic N) is 2. The molecule has 1 unspecified atom stereocenters. The number of aryl methyl sites for hydroxylation is 2. The molecule has 0 amide bonds. The summed E-state index contributed by atoms with van der Waals surface area (Å²) in [5, 5.41) is 5.26. The average molecular weight is 255 g/mol. The van der Waals surface area contributed by atoms with Crippen LogP contribution in [0.15, 0.2) is 41.1 Å². The summed E-state index contributed by atoms with van der Waals surface area (Å²) in [7, 11) is 1.90. The minimum absolute atomic E-state index is 0.142. The lowest BCUT2D eigenvalue weighted by Gasteiger charge is -2.05. The van der Waals surface area contributed by atoms with Crippen molar-refractivity contribution in [1.82, 2.24) is 9.78 Å². The highest BCUT2D eigenvalue weighted by Gasteiger charge is 2.13. The van der Waals surface area contributed by atoms with Crippen LogP contribution in [0.1, 0.15) is 22.9 Å². The van der Waals surface area contributed by atoms with E-state index >= 15 is 0 Å². The van der Waals surface area contributed by atoms with Gasteiger partial charge in [0, 0.05) is 18.6 Å². The summed E-state index contributed by atoms with van der Waals surface area (Å²) in [4.78, 5) is 0. The van der Waals surface area contributed by atoms with Crippen LogP contribution >= 0.6 is 0 Å². The molecule has 2 N–H and O–H groups in total. The van der Waals surface area contributed by atoms with Crippen molar-refractivity contribution in [1.29, 1.82) is 0 Å². The third-order valence-corrected chi connectivity index (χ3v) is 3.27. The fourth-order valence-electron chi connectivity index (χ4n) is 2.30. The van der Waals surface area contributed by atoms with Crippen molar-refractivity contribution in [2.24, 2.45) is 12.8 Å². The van der Waals surface area contributed by atoms with Crippen LogP contribution in [0.3, 0.4) is 0 Å². The number of rotatable bonds is 3. The lowest BCUT2D eigenvalue weighted by Crippen LogP contribution is -2.12. The van der Waals surface area contributed by atoms with E-state index < -0.39 is 0 Å². The van der Waals surface area contributed by atoms with E-state index in [1.54, 1.807) is 4.68 Å². The summed E-state index contributed by atoms with van der Waals surface area (Å²) in [5.74, 6) is 0.824. The Kier molecular flexibility index (Phi) is 2.87. The molecule has 0 radical (unpaired) electrons. The summed E-state index contributed by atoms with van der Waals surface area (Å²) in [5.41, 5.74) is 9.44. The van der Waals surface area contributed by atoms with Crippen molar-refractivity contribution in [3.63, 3.8) is 0 Å². The van der Waals surface area contributed by atoms with Gasteiger partial charge in [-0.05, 0) is 37.1 Å². The third kappa shape index (κ3) is 2.39. The van der Waals surface area contributed by atoms with Gasteiger partial charge in [-0.15, -0.1) is 0 Å². The highest BCUT2D eigenvalue weighted by atomic mass is 16.3. The van der Waals surface area contributed by atoms with E-state index in [2.05, 4.69) is 18.1 Å². The van der Waals surface area contributed by atoms with Gasteiger partial charge in [-0.3, -0.25) is 4.68 Å². The molecule has 2 heterocycles. The molecule has 0 saturated carbocycles. The van der Waals surface area contributed by atoms with E-state index in [0.29, 0.717) is 0 Å². The highest BCUT2D eigenvalue weighted by Crippen LogP contribution is 2.25. The maximum atomic E-state index is 6.21. The Morgan fingerprint density at radius 3 is 2.95 bits per heavy atom. The lowest BCUT2D eigenvalue weighted by atomic mass is 10.1. The lowest BCUT2D eigenvalue weighted by molar-refractivity contribution is 0.494. The second kappa shape index (κ2) is 4.55. The molecule has 98 valence electrons. The van der Waals surface area contributed by atoms with Crippen LogP contribution in [-0.4, -0.2) is 9.78 Å². The number of furan rings is 1. The maximum Gasteiger partial charge on any atom is 0.134 e. The molecular formula is C15H17N3O. The first-order chi connectivity index (χ1) is 9.11. The van der Waals surface area contributed by atoms with Gasteiger partial charge >= 0.3 is 0 Å². The molecule has 19 heavy (non-hydrogen) atoms. The van der Waals surface area contributed by atoms with E-state index in [1.807, 2.05) is 37.6 Å². The topological polar surface area (TPSA) is 57.0 Å². The van der Waals surface area contributed by atoms with Gasteiger partial charge in [0.15, 0.2) is 0 Å². The summed E-state index contributed by atoms with van der Waals surface area (Å²) < 4.78 is 7.59. The van der Waals surface area contributed by atoms with Crippen molar-refractivity contribution >= 4 is 11.0 Å². The predicted octanol–water partition coefficient (Wildman–Crippen LogP) is 2.72. The van der Waals surface area contributed by atoms with Gasteiger partial charge in [-0.1, -0.05) is 11.6 Å². The van der Waals surface area contributed by atoms with Crippen molar-refractivity contribution in [3.8, 4) is 0 Å². The summed E-state index contributed by atoms with van der Waals surface area (Å²) >= 11 is 0. The van der Waals surface area contributed by atoms with Crippen LogP contribution in [0, 0.1) is 6.92 Å². The number of benzene rings is 1. The summed E-state index contributed by atoms with van der Waals surface area (Å²) in [6.45, 7) is 2.07. The van der Waals surface area contributed by atoms with E-state index in [0.717, 1.165) is 28.7 Å². The van der Waals surface area contributed by atoms with E-state index in [4.69, 9.17) is 10.2 Å². The zero-order valence-electron chi connectivity index (χ0n) is 11.1. The Labute approximate surface area is 111 Å². The largest absolute Gasteiger partial charge is 0.459 e. The molecular weight excluding hydrogens is 238 g/mol. The van der Waals surface area contributed by atoms with Gasteiger partial charge in [0.2, 0.25) is 0 Å². The van der Waals surface area contributed by atoms with Crippen molar-refractivity contribution in [2.45, 2.75) is 19.4 Å². The standard InChI is InChI=1S/C15H17N3O/c1-10-3-4-14-12(5-10)7-15(19-14)13(16)6-11-8-17-18(2)9-11/h3-5,7-9,13H,6,16H2,1-2H3. The van der Waals surface area contributed by atoms with Crippen LogP contribution in [0.25, 0.3) is 11.0 Å². The Morgan fingerprint density at radius 2 is 2.21 bits per heavy atom. The smallest absolute Gasteiger partial charge is 0.134 e. The summed E-state index contributed by atoms with van der Waals surface area (Å²) in [6.07, 6.45) is 4.55. The second-order valence-corrected chi connectivity index (χ2v) is 5.02. The Bertz CT molecular complexity index is 711. The van der Waals surface area contributed by atoms with Crippen LogP contribution in [0.4, 0.5) is 0 Å². The molecule has 3 aromatic rings. The highest BCUT2D eigenvalue weighted by molar-refractivity contribution is 5.78. The Hall–Kier alpha value is -2.07. The Morgan fingerprint density at radius 1 is 1.37 bits per heavy atom. The Balaban J connectivity index is 1.86. The van der Waals surface area contributed by atoms with Crippen LogP contribution in [0.5, 0.6) is 0 Å². The number of nitrogens with two attached hydrogens (primary N) is 1. The molecule has 1 atom stereocenters. The van der Waals surface area contributed by atoms with Crippen LogP contribution in [0.2, 0.25) is 0 Å². The predicted molar refractivity (Wildman–Crippen MR) is 74.8 cm³/mol. The second-order valence-electron chi connectivity index (χ2n) is 5.02. The van der Waals surface area contributed by atoms with Crippen molar-refractivity contribution < 1.29 is 4.42 Å². The molecule has 4 heteroatoms. The van der Waals surface area contributed by atoms with E-state index in [-0.39, 0.29) is 6.04 Å². The number of hydrogen-bond acceptors (Lipinski definition) is 3. The molecule has 0 spiro atoms. The zero-order chi connectivity index (χ0) is 13.4. The third-order valence-electron chi connectivity index (χ3n) is 3.27. The normalized spacial score (nSPS) is 13.0. The van der Waals surface area contributed by atoms with E-state index in [1.165, 1.54) is 5.56 Å². The number of hydrogen-bond donors (Lipinski definition) is 1. The molecule has 0 aliphatic carbocycles. The van der Waals surface area contributed by atoms with Gasteiger partial charge in [-0.2, -0.15) is 5.10 Å². The minimum atomic E-state index is -0.142. The monoisotopic (exact) mass is 255 g/mol. The number of aromatic nitrogens is 2. The molecule has 0 aliphatic heterocycles. The van der Waals surface area contributed by atoms with Gasteiger partial charge in [0.1, 0.15) is 11.3 Å². The molecule has 4 nitrogen and oxygen atoms in total. The molecule has 0 bridgehead atoms. The molecule has 0 saturated heterocycles. The molecule has 1 aromatic carbocycles. The van der Waals surface area contributed by atoms with Crippen LogP contribution < -0.4 is 5.73 Å². The SMILES string of the molecule is Cc1ccc2oc(C(N)Cc3cnn(C)c3)cc2c1. The molecule has 0 fully saturated rings. The summed E-state index contributed by atoms with van der Waals surface area (Å²) in [6, 6.07) is 8.03. The van der Waals surface area contributed by atoms with Gasteiger partial charge in [0.25, 0.3) is 0 Å². The quantitative estimate of drug-likeness (QED) is 0.783. The minimum Gasteiger partial charge on any atom is -0.459 e. The van der Waals surface area contributed by atoms with Crippen molar-refractivity contribution in [2.75, 3.05) is 0 Å².